The van der Waals surface area contributed by atoms with Gasteiger partial charge in [-0.3, -0.25) is 9.69 Å². The van der Waals surface area contributed by atoms with Crippen LogP contribution in [0.4, 0.5) is 0 Å². The van der Waals surface area contributed by atoms with E-state index in [1.807, 2.05) is 19.9 Å². The van der Waals surface area contributed by atoms with E-state index >= 15 is 0 Å². The zero-order valence-corrected chi connectivity index (χ0v) is 17.9. The number of sulfonamides is 1. The molecule has 1 aliphatic heterocycles. The number of amides is 1. The smallest absolute Gasteiger partial charge is 0.243 e. The summed E-state index contributed by atoms with van der Waals surface area (Å²) in [5, 5.41) is 0. The molecule has 1 fully saturated rings. The molecule has 0 aliphatic carbocycles. The second-order valence-electron chi connectivity index (χ2n) is 7.25. The van der Waals surface area contributed by atoms with Crippen molar-refractivity contribution in [2.24, 2.45) is 0 Å². The Bertz CT molecular complexity index is 741. The first-order chi connectivity index (χ1) is 12.8. The molecule has 1 aromatic carbocycles. The van der Waals surface area contributed by atoms with Gasteiger partial charge in [0.2, 0.25) is 15.9 Å². The van der Waals surface area contributed by atoms with Crippen molar-refractivity contribution in [3.8, 4) is 0 Å². The minimum Gasteiger partial charge on any atom is -0.339 e. The molecule has 0 N–H and O–H groups in total. The van der Waals surface area contributed by atoms with Crippen LogP contribution in [0.15, 0.2) is 23.1 Å². The standard InChI is InChI=1S/C20H33N3O3S/c1-5-7-10-21(6-2)16-20(24)22-11-13-23(14-12-22)27(25,26)19-9-8-17(3)18(4)15-19/h8-9,15H,5-7,10-14,16H2,1-4H3. The van der Waals surface area contributed by atoms with Crippen LogP contribution in [0.25, 0.3) is 0 Å². The monoisotopic (exact) mass is 395 g/mol. The molecule has 0 bridgehead atoms. The maximum absolute atomic E-state index is 12.9. The molecule has 27 heavy (non-hydrogen) atoms. The van der Waals surface area contributed by atoms with Gasteiger partial charge in [-0.15, -0.1) is 0 Å². The molecular weight excluding hydrogens is 362 g/mol. The zero-order valence-electron chi connectivity index (χ0n) is 17.1. The number of aryl methyl sites for hydroxylation is 2. The van der Waals surface area contributed by atoms with E-state index in [1.165, 1.54) is 4.31 Å². The lowest BCUT2D eigenvalue weighted by Crippen LogP contribution is -2.52. The third-order valence-electron chi connectivity index (χ3n) is 5.34. The molecule has 1 aromatic rings. The summed E-state index contributed by atoms with van der Waals surface area (Å²) in [5.74, 6) is 0.0937. The minimum absolute atomic E-state index is 0.0937. The summed E-state index contributed by atoms with van der Waals surface area (Å²) in [6.07, 6.45) is 2.20. The van der Waals surface area contributed by atoms with Gasteiger partial charge in [-0.05, 0) is 56.6 Å². The predicted molar refractivity (Wildman–Crippen MR) is 108 cm³/mol. The largest absolute Gasteiger partial charge is 0.339 e. The van der Waals surface area contributed by atoms with E-state index in [0.717, 1.165) is 37.1 Å². The Morgan fingerprint density at radius 2 is 1.74 bits per heavy atom. The number of hydrogen-bond acceptors (Lipinski definition) is 4. The molecular formula is C20H33N3O3S. The summed E-state index contributed by atoms with van der Waals surface area (Å²) in [5.41, 5.74) is 2.05. The Hall–Kier alpha value is -1.44. The molecule has 2 rings (SSSR count). The van der Waals surface area contributed by atoms with Crippen molar-refractivity contribution in [1.29, 1.82) is 0 Å². The summed E-state index contributed by atoms with van der Waals surface area (Å²) in [6.45, 7) is 11.9. The number of nitrogens with zero attached hydrogens (tertiary/aromatic N) is 3. The maximum atomic E-state index is 12.9. The van der Waals surface area contributed by atoms with Crippen molar-refractivity contribution in [3.05, 3.63) is 29.3 Å². The summed E-state index contributed by atoms with van der Waals surface area (Å²) in [4.78, 5) is 16.8. The average Bonchev–Trinajstić information content (AvgIpc) is 2.67. The van der Waals surface area contributed by atoms with Crippen LogP contribution in [0.5, 0.6) is 0 Å². The lowest BCUT2D eigenvalue weighted by atomic mass is 10.1. The van der Waals surface area contributed by atoms with Gasteiger partial charge in [-0.2, -0.15) is 4.31 Å². The lowest BCUT2D eigenvalue weighted by Gasteiger charge is -2.35. The summed E-state index contributed by atoms with van der Waals surface area (Å²) in [7, 11) is -3.51. The Kier molecular flexibility index (Phi) is 7.82. The van der Waals surface area contributed by atoms with E-state index in [1.54, 1.807) is 17.0 Å². The molecule has 152 valence electrons. The fourth-order valence-electron chi connectivity index (χ4n) is 3.22. The van der Waals surface area contributed by atoms with Crippen LogP contribution in [-0.2, 0) is 14.8 Å². The highest BCUT2D eigenvalue weighted by atomic mass is 32.2. The first-order valence-electron chi connectivity index (χ1n) is 9.87. The Morgan fingerprint density at radius 1 is 1.07 bits per heavy atom. The minimum atomic E-state index is -3.51. The van der Waals surface area contributed by atoms with E-state index in [2.05, 4.69) is 18.7 Å². The topological polar surface area (TPSA) is 60.9 Å². The number of likely N-dealkylation sites (N-methyl/N-ethyl adjacent to an activating group) is 1. The molecule has 7 heteroatoms. The fraction of sp³-hybridized carbons (Fsp3) is 0.650. The number of carbonyl (C=O) groups is 1. The summed E-state index contributed by atoms with van der Waals surface area (Å²) in [6, 6.07) is 5.24. The number of rotatable bonds is 8. The van der Waals surface area contributed by atoms with Crippen molar-refractivity contribution in [3.63, 3.8) is 0 Å². The average molecular weight is 396 g/mol. The highest BCUT2D eigenvalue weighted by molar-refractivity contribution is 7.89. The first-order valence-corrected chi connectivity index (χ1v) is 11.3. The molecule has 6 nitrogen and oxygen atoms in total. The second-order valence-corrected chi connectivity index (χ2v) is 9.19. The van der Waals surface area contributed by atoms with Gasteiger partial charge in [-0.25, -0.2) is 8.42 Å². The summed E-state index contributed by atoms with van der Waals surface area (Å²) >= 11 is 0. The van der Waals surface area contributed by atoms with Crippen molar-refractivity contribution >= 4 is 15.9 Å². The maximum Gasteiger partial charge on any atom is 0.243 e. The van der Waals surface area contributed by atoms with Gasteiger partial charge in [0, 0.05) is 26.2 Å². The molecule has 0 saturated carbocycles. The molecule has 0 unspecified atom stereocenters. The number of piperazine rings is 1. The normalized spacial score (nSPS) is 16.1. The van der Waals surface area contributed by atoms with Crippen LogP contribution in [0.3, 0.4) is 0 Å². The van der Waals surface area contributed by atoms with Crippen molar-refractivity contribution < 1.29 is 13.2 Å². The van der Waals surface area contributed by atoms with Gasteiger partial charge >= 0.3 is 0 Å². The van der Waals surface area contributed by atoms with Crippen molar-refractivity contribution in [2.45, 2.75) is 45.4 Å². The van der Waals surface area contributed by atoms with Crippen molar-refractivity contribution in [2.75, 3.05) is 45.8 Å². The van der Waals surface area contributed by atoms with Gasteiger partial charge in [0.05, 0.1) is 11.4 Å². The molecule has 0 aromatic heterocycles. The van der Waals surface area contributed by atoms with Crippen LogP contribution in [0, 0.1) is 13.8 Å². The third-order valence-corrected chi connectivity index (χ3v) is 7.24. The highest BCUT2D eigenvalue weighted by Gasteiger charge is 2.30. The Labute approximate surface area is 164 Å². The zero-order chi connectivity index (χ0) is 20.0. The Morgan fingerprint density at radius 3 is 2.30 bits per heavy atom. The van der Waals surface area contributed by atoms with Crippen molar-refractivity contribution in [1.82, 2.24) is 14.1 Å². The summed E-state index contributed by atoms with van der Waals surface area (Å²) < 4.78 is 27.3. The van der Waals surface area contributed by atoms with E-state index in [4.69, 9.17) is 0 Å². The van der Waals surface area contributed by atoms with Crippen LogP contribution in [-0.4, -0.2) is 74.2 Å². The molecule has 0 radical (unpaired) electrons. The Balaban J connectivity index is 1.95. The van der Waals surface area contributed by atoms with Crippen LogP contribution >= 0.6 is 0 Å². The number of hydrogen-bond donors (Lipinski definition) is 0. The number of unbranched alkanes of at least 4 members (excludes halogenated alkanes) is 1. The fourth-order valence-corrected chi connectivity index (χ4v) is 4.73. The number of benzene rings is 1. The van der Waals surface area contributed by atoms with E-state index in [0.29, 0.717) is 37.6 Å². The van der Waals surface area contributed by atoms with Gasteiger partial charge in [0.15, 0.2) is 0 Å². The second kappa shape index (κ2) is 9.66. The molecule has 0 spiro atoms. The quantitative estimate of drug-likeness (QED) is 0.677. The SMILES string of the molecule is CCCCN(CC)CC(=O)N1CCN(S(=O)(=O)c2ccc(C)c(C)c2)CC1. The molecule has 1 aliphatic rings. The van der Waals surface area contributed by atoms with E-state index in [9.17, 15) is 13.2 Å². The lowest BCUT2D eigenvalue weighted by molar-refractivity contribution is -0.133. The highest BCUT2D eigenvalue weighted by Crippen LogP contribution is 2.20. The van der Waals surface area contributed by atoms with Crippen LogP contribution < -0.4 is 0 Å². The molecule has 0 atom stereocenters. The number of carbonyl (C=O) groups excluding carboxylic acids is 1. The van der Waals surface area contributed by atoms with Crippen LogP contribution in [0.1, 0.15) is 37.8 Å². The van der Waals surface area contributed by atoms with E-state index < -0.39 is 10.0 Å². The van der Waals surface area contributed by atoms with Gasteiger partial charge in [0.1, 0.15) is 0 Å². The van der Waals surface area contributed by atoms with Gasteiger partial charge in [0.25, 0.3) is 0 Å². The molecule has 1 amide bonds. The van der Waals surface area contributed by atoms with Gasteiger partial charge < -0.3 is 4.90 Å². The first kappa shape index (κ1) is 21.9. The van der Waals surface area contributed by atoms with Gasteiger partial charge in [-0.1, -0.05) is 26.3 Å². The third kappa shape index (κ3) is 5.53. The molecule has 1 heterocycles. The predicted octanol–water partition coefficient (Wildman–Crippen LogP) is 2.26. The molecule has 1 saturated heterocycles. The van der Waals surface area contributed by atoms with Crippen LogP contribution in [0.2, 0.25) is 0 Å². The van der Waals surface area contributed by atoms with E-state index in [-0.39, 0.29) is 5.91 Å².